The van der Waals surface area contributed by atoms with E-state index in [1.807, 2.05) is 36.4 Å². The Morgan fingerprint density at radius 3 is 2.58 bits per heavy atom. The van der Waals surface area contributed by atoms with Gasteiger partial charge in [0.25, 0.3) is 5.91 Å². The average molecular weight is 413 g/mol. The number of hydrogen-bond acceptors (Lipinski definition) is 3. The van der Waals surface area contributed by atoms with Gasteiger partial charge in [-0.15, -0.1) is 0 Å². The fourth-order valence-corrected chi connectivity index (χ4v) is 3.11. The second kappa shape index (κ2) is 8.01. The van der Waals surface area contributed by atoms with Gasteiger partial charge in [-0.1, -0.05) is 30.3 Å². The van der Waals surface area contributed by atoms with E-state index < -0.39 is 0 Å². The highest BCUT2D eigenvalue weighted by atomic mass is 79.9. The van der Waals surface area contributed by atoms with Crippen LogP contribution in [0, 0.1) is 0 Å². The van der Waals surface area contributed by atoms with Crippen molar-refractivity contribution in [3.8, 4) is 0 Å². The molecular formula is C20H17BrN2O3. The molecule has 6 heteroatoms. The maximum atomic E-state index is 12.5. The molecule has 0 atom stereocenters. The number of benzene rings is 2. The van der Waals surface area contributed by atoms with Gasteiger partial charge < -0.3 is 15.0 Å². The van der Waals surface area contributed by atoms with Crippen LogP contribution >= 0.6 is 15.9 Å². The lowest BCUT2D eigenvalue weighted by molar-refractivity contribution is -0.137. The van der Waals surface area contributed by atoms with Crippen LogP contribution < -0.4 is 5.32 Å². The highest BCUT2D eigenvalue weighted by Crippen LogP contribution is 2.28. The number of fused-ring (bicyclic) bond motifs is 1. The Balaban J connectivity index is 1.71. The van der Waals surface area contributed by atoms with Crippen molar-refractivity contribution in [2.75, 3.05) is 11.9 Å². The molecule has 1 aromatic heterocycles. The Morgan fingerprint density at radius 2 is 1.88 bits per heavy atom. The topological polar surface area (TPSA) is 71.2 Å². The molecule has 0 spiro atoms. The minimum absolute atomic E-state index is 0.233. The first kappa shape index (κ1) is 17.9. The second-order valence-corrected chi connectivity index (χ2v) is 6.31. The van der Waals surface area contributed by atoms with Crippen LogP contribution in [0.1, 0.15) is 23.0 Å². The van der Waals surface area contributed by atoms with Gasteiger partial charge in [0, 0.05) is 22.7 Å². The SMILES string of the molecule is CCOC(=O)/C=C/c1ccc(NC(=O)c2[nH]c3ccccc3c2Br)cc1. The molecule has 0 unspecified atom stereocenters. The second-order valence-electron chi connectivity index (χ2n) is 5.52. The normalized spacial score (nSPS) is 11.0. The van der Waals surface area contributed by atoms with Crippen LogP contribution in [0.2, 0.25) is 0 Å². The first-order valence-corrected chi connectivity index (χ1v) is 8.90. The monoisotopic (exact) mass is 412 g/mol. The molecule has 1 amide bonds. The highest BCUT2D eigenvalue weighted by Gasteiger charge is 2.15. The van der Waals surface area contributed by atoms with E-state index >= 15 is 0 Å². The molecule has 0 fully saturated rings. The smallest absolute Gasteiger partial charge is 0.330 e. The molecule has 0 radical (unpaired) electrons. The van der Waals surface area contributed by atoms with Crippen LogP contribution in [0.25, 0.3) is 17.0 Å². The third-order valence-corrected chi connectivity index (χ3v) is 4.56. The number of carbonyl (C=O) groups is 2. The number of nitrogens with one attached hydrogen (secondary N) is 2. The number of ether oxygens (including phenoxy) is 1. The molecule has 3 rings (SSSR count). The zero-order chi connectivity index (χ0) is 18.5. The standard InChI is InChI=1S/C20H17BrN2O3/c1-2-26-17(24)12-9-13-7-10-14(11-8-13)22-20(25)19-18(21)15-5-3-4-6-16(15)23-19/h3-12,23H,2H2,1H3,(H,22,25)/b12-9+. The zero-order valence-corrected chi connectivity index (χ0v) is 15.7. The van der Waals surface area contributed by atoms with E-state index in [0.29, 0.717) is 18.0 Å². The largest absolute Gasteiger partial charge is 0.463 e. The lowest BCUT2D eigenvalue weighted by Gasteiger charge is -2.05. The van der Waals surface area contributed by atoms with Gasteiger partial charge in [0.2, 0.25) is 0 Å². The van der Waals surface area contributed by atoms with Crippen LogP contribution in [0.3, 0.4) is 0 Å². The molecule has 1 heterocycles. The van der Waals surface area contributed by atoms with Crippen molar-refractivity contribution in [3.63, 3.8) is 0 Å². The summed E-state index contributed by atoms with van der Waals surface area (Å²) < 4.78 is 5.57. The van der Waals surface area contributed by atoms with Crippen molar-refractivity contribution in [2.45, 2.75) is 6.92 Å². The van der Waals surface area contributed by atoms with E-state index in [0.717, 1.165) is 20.9 Å². The highest BCUT2D eigenvalue weighted by molar-refractivity contribution is 9.10. The van der Waals surface area contributed by atoms with Crippen LogP contribution in [-0.4, -0.2) is 23.5 Å². The number of carbonyl (C=O) groups excluding carboxylic acids is 2. The van der Waals surface area contributed by atoms with Crippen molar-refractivity contribution in [1.29, 1.82) is 0 Å². The van der Waals surface area contributed by atoms with Crippen LogP contribution in [0.4, 0.5) is 5.69 Å². The predicted octanol–water partition coefficient (Wildman–Crippen LogP) is 4.76. The fourth-order valence-electron chi connectivity index (χ4n) is 2.49. The van der Waals surface area contributed by atoms with E-state index in [1.54, 1.807) is 25.1 Å². The number of halogens is 1. The Hall–Kier alpha value is -2.86. The van der Waals surface area contributed by atoms with Crippen molar-refractivity contribution >= 4 is 50.5 Å². The minimum Gasteiger partial charge on any atom is -0.463 e. The minimum atomic E-state index is -0.381. The van der Waals surface area contributed by atoms with E-state index in [4.69, 9.17) is 4.74 Å². The van der Waals surface area contributed by atoms with E-state index in [1.165, 1.54) is 6.08 Å². The third kappa shape index (κ3) is 4.03. The van der Waals surface area contributed by atoms with Gasteiger partial charge in [-0.2, -0.15) is 0 Å². The molecule has 0 aliphatic rings. The molecule has 0 saturated heterocycles. The van der Waals surface area contributed by atoms with Crippen LogP contribution in [0.5, 0.6) is 0 Å². The predicted molar refractivity (Wildman–Crippen MR) is 106 cm³/mol. The number of para-hydroxylation sites is 1. The molecule has 2 aromatic carbocycles. The van der Waals surface area contributed by atoms with Crippen molar-refractivity contribution in [3.05, 3.63) is 70.3 Å². The molecule has 5 nitrogen and oxygen atoms in total. The molecule has 0 saturated carbocycles. The molecule has 2 N–H and O–H groups in total. The number of anilines is 1. The zero-order valence-electron chi connectivity index (χ0n) is 14.1. The van der Waals surface area contributed by atoms with Gasteiger partial charge in [-0.25, -0.2) is 4.79 Å². The Morgan fingerprint density at radius 1 is 1.15 bits per heavy atom. The van der Waals surface area contributed by atoms with E-state index in [-0.39, 0.29) is 11.9 Å². The Bertz CT molecular complexity index is 974. The summed E-state index contributed by atoms with van der Waals surface area (Å²) in [6, 6.07) is 14.9. The maximum Gasteiger partial charge on any atom is 0.330 e. The maximum absolute atomic E-state index is 12.5. The average Bonchev–Trinajstić information content (AvgIpc) is 2.99. The lowest BCUT2D eigenvalue weighted by atomic mass is 10.2. The van der Waals surface area contributed by atoms with Gasteiger partial charge >= 0.3 is 5.97 Å². The Kier molecular flexibility index (Phi) is 5.53. The van der Waals surface area contributed by atoms with Gasteiger partial charge in [-0.3, -0.25) is 4.79 Å². The number of esters is 1. The molecule has 132 valence electrons. The summed E-state index contributed by atoms with van der Waals surface area (Å²) in [5, 5.41) is 3.81. The van der Waals surface area contributed by atoms with Gasteiger partial charge in [0.1, 0.15) is 5.69 Å². The number of aromatic amines is 1. The summed E-state index contributed by atoms with van der Waals surface area (Å²) in [5.74, 6) is -0.614. The molecule has 0 aliphatic carbocycles. The number of hydrogen-bond donors (Lipinski definition) is 2. The van der Waals surface area contributed by atoms with E-state index in [9.17, 15) is 9.59 Å². The number of aromatic nitrogens is 1. The first-order chi connectivity index (χ1) is 12.6. The summed E-state index contributed by atoms with van der Waals surface area (Å²) in [7, 11) is 0. The van der Waals surface area contributed by atoms with Crippen molar-refractivity contribution in [1.82, 2.24) is 4.98 Å². The summed E-state index contributed by atoms with van der Waals surface area (Å²) in [4.78, 5) is 27.0. The number of H-pyrrole nitrogens is 1. The van der Waals surface area contributed by atoms with Crippen LogP contribution in [0.15, 0.2) is 59.1 Å². The third-order valence-electron chi connectivity index (χ3n) is 3.74. The number of amides is 1. The van der Waals surface area contributed by atoms with Gasteiger partial charge in [0.15, 0.2) is 0 Å². The lowest BCUT2D eigenvalue weighted by Crippen LogP contribution is -2.12. The van der Waals surface area contributed by atoms with E-state index in [2.05, 4.69) is 26.2 Å². The molecule has 0 bridgehead atoms. The molecule has 26 heavy (non-hydrogen) atoms. The van der Waals surface area contributed by atoms with Gasteiger partial charge in [-0.05, 0) is 52.7 Å². The van der Waals surface area contributed by atoms with Gasteiger partial charge in [0.05, 0.1) is 11.1 Å². The molecular weight excluding hydrogens is 396 g/mol. The first-order valence-electron chi connectivity index (χ1n) is 8.11. The van der Waals surface area contributed by atoms with Crippen LogP contribution in [-0.2, 0) is 9.53 Å². The summed E-state index contributed by atoms with van der Waals surface area (Å²) in [6.45, 7) is 2.10. The molecule has 0 aliphatic heterocycles. The Labute approximate surface area is 159 Å². The quantitative estimate of drug-likeness (QED) is 0.468. The van der Waals surface area contributed by atoms with Crippen molar-refractivity contribution < 1.29 is 14.3 Å². The van der Waals surface area contributed by atoms with Crippen molar-refractivity contribution in [2.24, 2.45) is 0 Å². The summed E-state index contributed by atoms with van der Waals surface area (Å²) in [6.07, 6.45) is 3.04. The fraction of sp³-hybridized carbons (Fsp3) is 0.100. The molecule has 3 aromatic rings. The number of rotatable bonds is 5. The summed E-state index contributed by atoms with van der Waals surface area (Å²) in [5.41, 5.74) is 2.86. The summed E-state index contributed by atoms with van der Waals surface area (Å²) >= 11 is 3.48.